The van der Waals surface area contributed by atoms with E-state index in [1.54, 1.807) is 10.7 Å². The Bertz CT molecular complexity index is 934. The quantitative estimate of drug-likeness (QED) is 0.642. The summed E-state index contributed by atoms with van der Waals surface area (Å²) in [7, 11) is 0. The number of benzene rings is 1. The minimum absolute atomic E-state index is 0.0225. The SMILES string of the molecule is NC(COCc1ccccc1)c1cnn2cc(CC3CCC(F)(F)CC3)nc2c1. The van der Waals surface area contributed by atoms with Gasteiger partial charge in [-0.2, -0.15) is 5.10 Å². The summed E-state index contributed by atoms with van der Waals surface area (Å²) >= 11 is 0. The number of aromatic nitrogens is 3. The average molecular weight is 400 g/mol. The Morgan fingerprint density at radius 1 is 1.21 bits per heavy atom. The molecule has 2 aromatic heterocycles. The number of ether oxygens (including phenoxy) is 1. The lowest BCUT2D eigenvalue weighted by molar-refractivity contribution is -0.0457. The lowest BCUT2D eigenvalue weighted by Gasteiger charge is -2.27. The van der Waals surface area contributed by atoms with Crippen LogP contribution in [0.5, 0.6) is 0 Å². The van der Waals surface area contributed by atoms with Crippen molar-refractivity contribution in [2.45, 2.75) is 50.7 Å². The van der Waals surface area contributed by atoms with Crippen LogP contribution in [0, 0.1) is 5.92 Å². The zero-order chi connectivity index (χ0) is 20.3. The summed E-state index contributed by atoms with van der Waals surface area (Å²) in [5, 5.41) is 4.40. The fourth-order valence-electron chi connectivity index (χ4n) is 3.82. The van der Waals surface area contributed by atoms with Gasteiger partial charge >= 0.3 is 0 Å². The van der Waals surface area contributed by atoms with Crippen LogP contribution in [0.3, 0.4) is 0 Å². The molecule has 0 radical (unpaired) electrons. The van der Waals surface area contributed by atoms with E-state index in [0.29, 0.717) is 32.5 Å². The van der Waals surface area contributed by atoms with Gasteiger partial charge in [-0.25, -0.2) is 18.3 Å². The van der Waals surface area contributed by atoms with Gasteiger partial charge in [-0.1, -0.05) is 30.3 Å². The van der Waals surface area contributed by atoms with Gasteiger partial charge in [0.2, 0.25) is 5.92 Å². The highest BCUT2D eigenvalue weighted by atomic mass is 19.3. The van der Waals surface area contributed by atoms with Crippen LogP contribution in [0.1, 0.15) is 48.5 Å². The molecule has 1 atom stereocenters. The molecule has 1 aliphatic carbocycles. The maximum atomic E-state index is 13.3. The summed E-state index contributed by atoms with van der Waals surface area (Å²) in [5.41, 5.74) is 9.83. The summed E-state index contributed by atoms with van der Waals surface area (Å²) in [6.07, 6.45) is 5.36. The molecule has 0 aliphatic heterocycles. The average Bonchev–Trinajstić information content (AvgIpc) is 3.12. The van der Waals surface area contributed by atoms with Crippen LogP contribution in [0.25, 0.3) is 5.65 Å². The third-order valence-corrected chi connectivity index (χ3v) is 5.56. The van der Waals surface area contributed by atoms with Crippen molar-refractivity contribution in [3.63, 3.8) is 0 Å². The molecule has 4 rings (SSSR count). The molecule has 2 N–H and O–H groups in total. The number of halogens is 2. The van der Waals surface area contributed by atoms with Gasteiger partial charge in [0.25, 0.3) is 0 Å². The van der Waals surface area contributed by atoms with Gasteiger partial charge in [0.1, 0.15) is 0 Å². The van der Waals surface area contributed by atoms with E-state index in [9.17, 15) is 8.78 Å². The van der Waals surface area contributed by atoms with Gasteiger partial charge in [0, 0.05) is 12.8 Å². The fraction of sp³-hybridized carbons (Fsp3) is 0.455. The summed E-state index contributed by atoms with van der Waals surface area (Å²) in [6, 6.07) is 11.6. The van der Waals surface area contributed by atoms with E-state index in [4.69, 9.17) is 10.5 Å². The van der Waals surface area contributed by atoms with Crippen LogP contribution >= 0.6 is 0 Å². The summed E-state index contributed by atoms with van der Waals surface area (Å²) in [5.74, 6) is -2.24. The Morgan fingerprint density at radius 2 is 1.97 bits per heavy atom. The Labute approximate surface area is 168 Å². The molecule has 1 fully saturated rings. The van der Waals surface area contributed by atoms with Gasteiger partial charge < -0.3 is 10.5 Å². The number of rotatable bonds is 7. The molecule has 5 nitrogen and oxygen atoms in total. The fourth-order valence-corrected chi connectivity index (χ4v) is 3.82. The van der Waals surface area contributed by atoms with E-state index in [-0.39, 0.29) is 24.8 Å². The van der Waals surface area contributed by atoms with Crippen LogP contribution in [0.4, 0.5) is 8.78 Å². The van der Waals surface area contributed by atoms with Crippen molar-refractivity contribution in [3.8, 4) is 0 Å². The van der Waals surface area contributed by atoms with Crippen LogP contribution in [-0.4, -0.2) is 27.1 Å². The monoisotopic (exact) mass is 400 g/mol. The van der Waals surface area contributed by atoms with E-state index in [2.05, 4.69) is 10.1 Å². The summed E-state index contributed by atoms with van der Waals surface area (Å²) < 4.78 is 34.1. The Hall–Kier alpha value is -2.38. The maximum absolute atomic E-state index is 13.3. The van der Waals surface area contributed by atoms with Gasteiger partial charge in [-0.05, 0) is 42.4 Å². The number of alkyl halides is 2. The smallest absolute Gasteiger partial charge is 0.248 e. The maximum Gasteiger partial charge on any atom is 0.248 e. The van der Waals surface area contributed by atoms with E-state index < -0.39 is 5.92 Å². The zero-order valence-corrected chi connectivity index (χ0v) is 16.3. The highest BCUT2D eigenvalue weighted by Gasteiger charge is 2.35. The first-order valence-electron chi connectivity index (χ1n) is 10.1. The predicted octanol–water partition coefficient (Wildman–Crippen LogP) is 4.31. The molecule has 29 heavy (non-hydrogen) atoms. The molecular formula is C22H26F2N4O. The third-order valence-electron chi connectivity index (χ3n) is 5.56. The standard InChI is InChI=1S/C22H26F2N4O/c23-22(24)8-6-16(7-9-22)10-19-13-28-21(27-19)11-18(12-26-28)20(25)15-29-14-17-4-2-1-3-5-17/h1-5,11-13,16,20H,6-10,14-15,25H2. The molecule has 154 valence electrons. The van der Waals surface area contributed by atoms with Crippen molar-refractivity contribution in [2.24, 2.45) is 11.7 Å². The van der Waals surface area contributed by atoms with Crippen molar-refractivity contribution >= 4 is 5.65 Å². The highest BCUT2D eigenvalue weighted by molar-refractivity contribution is 5.41. The number of hydrogen-bond acceptors (Lipinski definition) is 4. The van der Waals surface area contributed by atoms with Crippen LogP contribution in [0.15, 0.2) is 48.8 Å². The van der Waals surface area contributed by atoms with Gasteiger partial charge in [-0.15, -0.1) is 0 Å². The zero-order valence-electron chi connectivity index (χ0n) is 16.3. The molecular weight excluding hydrogens is 374 g/mol. The number of nitrogens with two attached hydrogens (primary N) is 1. The number of imidazole rings is 1. The molecule has 2 heterocycles. The molecule has 1 aliphatic rings. The van der Waals surface area contributed by atoms with Crippen molar-refractivity contribution in [3.05, 3.63) is 65.6 Å². The Balaban J connectivity index is 1.35. The van der Waals surface area contributed by atoms with Crippen LogP contribution in [0.2, 0.25) is 0 Å². The van der Waals surface area contributed by atoms with E-state index in [0.717, 1.165) is 22.5 Å². The third kappa shape index (κ3) is 5.16. The van der Waals surface area contributed by atoms with E-state index in [1.165, 1.54) is 0 Å². The topological polar surface area (TPSA) is 65.4 Å². The molecule has 7 heteroatoms. The van der Waals surface area contributed by atoms with Crippen molar-refractivity contribution in [1.82, 2.24) is 14.6 Å². The Morgan fingerprint density at radius 3 is 2.72 bits per heavy atom. The lowest BCUT2D eigenvalue weighted by Crippen LogP contribution is -2.25. The van der Waals surface area contributed by atoms with Crippen molar-refractivity contribution < 1.29 is 13.5 Å². The molecule has 1 aromatic carbocycles. The molecule has 1 saturated carbocycles. The predicted molar refractivity (Wildman–Crippen MR) is 107 cm³/mol. The summed E-state index contributed by atoms with van der Waals surface area (Å²) in [6.45, 7) is 0.898. The van der Waals surface area contributed by atoms with Crippen molar-refractivity contribution in [2.75, 3.05) is 6.61 Å². The van der Waals surface area contributed by atoms with Crippen LogP contribution < -0.4 is 5.73 Å². The first-order valence-corrected chi connectivity index (χ1v) is 10.1. The van der Waals surface area contributed by atoms with Gasteiger partial charge in [-0.3, -0.25) is 0 Å². The minimum Gasteiger partial charge on any atom is -0.375 e. The van der Waals surface area contributed by atoms with Crippen molar-refractivity contribution in [1.29, 1.82) is 0 Å². The van der Waals surface area contributed by atoms with E-state index in [1.807, 2.05) is 42.6 Å². The molecule has 0 spiro atoms. The van der Waals surface area contributed by atoms with Crippen LogP contribution in [-0.2, 0) is 17.8 Å². The number of nitrogens with zero attached hydrogens (tertiary/aromatic N) is 3. The largest absolute Gasteiger partial charge is 0.375 e. The number of fused-ring (bicyclic) bond motifs is 1. The minimum atomic E-state index is -2.50. The molecule has 3 aromatic rings. The molecule has 0 bridgehead atoms. The van der Waals surface area contributed by atoms with E-state index >= 15 is 0 Å². The molecule has 0 saturated heterocycles. The normalized spacial score (nSPS) is 18.2. The second kappa shape index (κ2) is 8.55. The Kier molecular flexibility index (Phi) is 5.87. The second-order valence-corrected chi connectivity index (χ2v) is 7.93. The first-order chi connectivity index (χ1) is 14.0. The summed E-state index contributed by atoms with van der Waals surface area (Å²) in [4.78, 5) is 4.63. The highest BCUT2D eigenvalue weighted by Crippen LogP contribution is 2.37. The molecule has 0 amide bonds. The second-order valence-electron chi connectivity index (χ2n) is 7.93. The molecule has 1 unspecified atom stereocenters. The lowest BCUT2D eigenvalue weighted by atomic mass is 9.84. The first kappa shape index (κ1) is 19.9. The van der Waals surface area contributed by atoms with Gasteiger partial charge in [0.05, 0.1) is 37.3 Å². The number of hydrogen-bond donors (Lipinski definition) is 1. The van der Waals surface area contributed by atoms with Gasteiger partial charge in [0.15, 0.2) is 5.65 Å².